The molecule has 1 aliphatic heterocycles. The Bertz CT molecular complexity index is 683. The molecule has 0 radical (unpaired) electrons. The number of aryl methyl sites for hydroxylation is 2. The third kappa shape index (κ3) is 3.35. The van der Waals surface area contributed by atoms with E-state index in [-0.39, 0.29) is 6.04 Å². The summed E-state index contributed by atoms with van der Waals surface area (Å²) in [5.41, 5.74) is 3.39. The number of morpholine rings is 1. The summed E-state index contributed by atoms with van der Waals surface area (Å²) in [4.78, 5) is 11.6. The van der Waals surface area contributed by atoms with Gasteiger partial charge in [-0.1, -0.05) is 0 Å². The lowest BCUT2D eigenvalue weighted by Gasteiger charge is -2.34. The van der Waals surface area contributed by atoms with Gasteiger partial charge in [-0.05, 0) is 13.8 Å². The van der Waals surface area contributed by atoms with E-state index in [1.807, 2.05) is 38.0 Å². The van der Waals surface area contributed by atoms with Crippen LogP contribution in [0.2, 0.25) is 0 Å². The van der Waals surface area contributed by atoms with Crippen molar-refractivity contribution in [2.45, 2.75) is 26.4 Å². The fourth-order valence-electron chi connectivity index (χ4n) is 2.85. The molecule has 124 valence electrons. The summed E-state index contributed by atoms with van der Waals surface area (Å²) in [7, 11) is 3.85. The Morgan fingerprint density at radius 2 is 2.17 bits per heavy atom. The predicted molar refractivity (Wildman–Crippen MR) is 88.2 cm³/mol. The van der Waals surface area contributed by atoms with Crippen molar-refractivity contribution in [1.29, 1.82) is 0 Å². The molecule has 0 spiro atoms. The zero-order valence-electron chi connectivity index (χ0n) is 14.2. The molecule has 7 nitrogen and oxygen atoms in total. The first-order valence-corrected chi connectivity index (χ1v) is 7.91. The molecule has 0 amide bonds. The van der Waals surface area contributed by atoms with Gasteiger partial charge in [0.25, 0.3) is 0 Å². The molecular weight excluding hydrogens is 292 g/mol. The highest BCUT2D eigenvalue weighted by Crippen LogP contribution is 2.25. The molecule has 7 heteroatoms. The number of rotatable bonds is 4. The molecule has 0 unspecified atom stereocenters. The Labute approximate surface area is 136 Å². The average Bonchev–Trinajstić information content (AvgIpc) is 2.87. The summed E-state index contributed by atoms with van der Waals surface area (Å²) in [6.45, 7) is 7.14. The molecule has 1 N–H and O–H groups in total. The molecule has 0 bridgehead atoms. The maximum atomic E-state index is 5.69. The number of nitrogens with zero attached hydrogens (tertiary/aromatic N) is 5. The summed E-state index contributed by atoms with van der Waals surface area (Å²) in [5, 5.41) is 7.44. The van der Waals surface area contributed by atoms with Crippen molar-refractivity contribution < 1.29 is 4.74 Å². The standard InChI is InChI=1S/C16H24N6O/c1-11-7-15(17-3)20-16(19-11)14-10-23-6-5-22(14)9-13-8-18-21(4)12(13)2/h7-8,14H,5-6,9-10H2,1-4H3,(H,17,19,20)/t14-/m0/s1. The molecule has 0 aromatic carbocycles. The van der Waals surface area contributed by atoms with Crippen molar-refractivity contribution in [3.8, 4) is 0 Å². The predicted octanol–water partition coefficient (Wildman–Crippen LogP) is 1.44. The van der Waals surface area contributed by atoms with Crippen molar-refractivity contribution in [3.05, 3.63) is 35.0 Å². The van der Waals surface area contributed by atoms with Crippen LogP contribution in [0.4, 0.5) is 5.82 Å². The lowest BCUT2D eigenvalue weighted by atomic mass is 10.1. The van der Waals surface area contributed by atoms with Gasteiger partial charge in [0.1, 0.15) is 11.6 Å². The molecule has 3 heterocycles. The fourth-order valence-corrected chi connectivity index (χ4v) is 2.85. The lowest BCUT2D eigenvalue weighted by Crippen LogP contribution is -2.40. The number of ether oxygens (including phenoxy) is 1. The minimum absolute atomic E-state index is 0.0651. The lowest BCUT2D eigenvalue weighted by molar-refractivity contribution is -0.0160. The zero-order chi connectivity index (χ0) is 16.4. The highest BCUT2D eigenvalue weighted by molar-refractivity contribution is 5.35. The number of hydrogen-bond donors (Lipinski definition) is 1. The first-order chi connectivity index (χ1) is 11.1. The smallest absolute Gasteiger partial charge is 0.150 e. The maximum Gasteiger partial charge on any atom is 0.150 e. The highest BCUT2D eigenvalue weighted by Gasteiger charge is 2.28. The molecule has 3 rings (SSSR count). The van der Waals surface area contributed by atoms with Gasteiger partial charge >= 0.3 is 0 Å². The van der Waals surface area contributed by atoms with Crippen molar-refractivity contribution >= 4 is 5.82 Å². The largest absolute Gasteiger partial charge is 0.378 e. The number of hydrogen-bond acceptors (Lipinski definition) is 6. The van der Waals surface area contributed by atoms with Crippen LogP contribution in [0.3, 0.4) is 0 Å². The van der Waals surface area contributed by atoms with Crippen LogP contribution >= 0.6 is 0 Å². The Hall–Kier alpha value is -1.99. The van der Waals surface area contributed by atoms with Gasteiger partial charge in [-0.25, -0.2) is 9.97 Å². The highest BCUT2D eigenvalue weighted by atomic mass is 16.5. The van der Waals surface area contributed by atoms with Gasteiger partial charge in [-0.2, -0.15) is 5.10 Å². The first kappa shape index (κ1) is 15.9. The zero-order valence-corrected chi connectivity index (χ0v) is 14.2. The Balaban J connectivity index is 1.86. The summed E-state index contributed by atoms with van der Waals surface area (Å²) < 4.78 is 7.60. The molecular formula is C16H24N6O. The van der Waals surface area contributed by atoms with Crippen LogP contribution < -0.4 is 5.32 Å². The van der Waals surface area contributed by atoms with Crippen molar-refractivity contribution in [1.82, 2.24) is 24.6 Å². The topological polar surface area (TPSA) is 68.1 Å². The molecule has 1 fully saturated rings. The van der Waals surface area contributed by atoms with Crippen LogP contribution in [0, 0.1) is 13.8 Å². The van der Waals surface area contributed by atoms with E-state index in [9.17, 15) is 0 Å². The molecule has 2 aromatic rings. The second-order valence-electron chi connectivity index (χ2n) is 5.94. The molecule has 23 heavy (non-hydrogen) atoms. The van der Waals surface area contributed by atoms with E-state index in [4.69, 9.17) is 4.74 Å². The summed E-state index contributed by atoms with van der Waals surface area (Å²) >= 11 is 0. The van der Waals surface area contributed by atoms with Crippen LogP contribution in [-0.2, 0) is 18.3 Å². The van der Waals surface area contributed by atoms with E-state index in [2.05, 4.69) is 32.2 Å². The van der Waals surface area contributed by atoms with E-state index in [1.165, 1.54) is 11.3 Å². The Morgan fingerprint density at radius 1 is 1.35 bits per heavy atom. The Kier molecular flexibility index (Phi) is 4.58. The number of aromatic nitrogens is 4. The molecule has 1 aliphatic rings. The molecule has 2 aromatic heterocycles. The fraction of sp³-hybridized carbons (Fsp3) is 0.562. The van der Waals surface area contributed by atoms with Crippen molar-refractivity contribution in [3.63, 3.8) is 0 Å². The van der Waals surface area contributed by atoms with E-state index >= 15 is 0 Å². The minimum Gasteiger partial charge on any atom is -0.378 e. The summed E-state index contributed by atoms with van der Waals surface area (Å²) in [5.74, 6) is 1.66. The van der Waals surface area contributed by atoms with Crippen LogP contribution in [0.15, 0.2) is 12.3 Å². The van der Waals surface area contributed by atoms with Crippen molar-refractivity contribution in [2.24, 2.45) is 7.05 Å². The van der Waals surface area contributed by atoms with E-state index in [0.29, 0.717) is 6.61 Å². The quantitative estimate of drug-likeness (QED) is 0.920. The van der Waals surface area contributed by atoms with Gasteiger partial charge in [0, 0.05) is 50.2 Å². The van der Waals surface area contributed by atoms with Crippen molar-refractivity contribution in [2.75, 3.05) is 32.1 Å². The van der Waals surface area contributed by atoms with Crippen LogP contribution in [-0.4, -0.2) is 51.5 Å². The molecule has 1 atom stereocenters. The Morgan fingerprint density at radius 3 is 2.87 bits per heavy atom. The molecule has 1 saturated heterocycles. The number of anilines is 1. The van der Waals surface area contributed by atoms with Gasteiger partial charge in [0.2, 0.25) is 0 Å². The second kappa shape index (κ2) is 6.64. The number of nitrogens with one attached hydrogen (secondary N) is 1. The summed E-state index contributed by atoms with van der Waals surface area (Å²) in [6, 6.07) is 2.01. The minimum atomic E-state index is 0.0651. The molecule has 0 saturated carbocycles. The second-order valence-corrected chi connectivity index (χ2v) is 5.94. The van der Waals surface area contributed by atoms with Crippen LogP contribution in [0.1, 0.15) is 28.8 Å². The van der Waals surface area contributed by atoms with Gasteiger partial charge < -0.3 is 10.1 Å². The average molecular weight is 316 g/mol. The van der Waals surface area contributed by atoms with Crippen LogP contribution in [0.5, 0.6) is 0 Å². The van der Waals surface area contributed by atoms with Gasteiger partial charge in [0.05, 0.1) is 25.5 Å². The third-order valence-corrected chi connectivity index (χ3v) is 4.38. The molecule has 0 aliphatic carbocycles. The summed E-state index contributed by atoms with van der Waals surface area (Å²) in [6.07, 6.45) is 1.94. The van der Waals surface area contributed by atoms with Crippen LogP contribution in [0.25, 0.3) is 0 Å². The van der Waals surface area contributed by atoms with Gasteiger partial charge in [0.15, 0.2) is 0 Å². The van der Waals surface area contributed by atoms with Gasteiger partial charge in [-0.15, -0.1) is 0 Å². The SMILES string of the molecule is CNc1cc(C)nc([C@@H]2COCCN2Cc2cnn(C)c2C)n1. The van der Waals surface area contributed by atoms with E-state index in [1.54, 1.807) is 0 Å². The normalized spacial score (nSPS) is 19.0. The monoisotopic (exact) mass is 316 g/mol. The van der Waals surface area contributed by atoms with E-state index < -0.39 is 0 Å². The first-order valence-electron chi connectivity index (χ1n) is 7.91. The third-order valence-electron chi connectivity index (χ3n) is 4.38. The maximum absolute atomic E-state index is 5.69. The van der Waals surface area contributed by atoms with E-state index in [0.717, 1.165) is 37.0 Å². The van der Waals surface area contributed by atoms with Gasteiger partial charge in [-0.3, -0.25) is 9.58 Å².